The Labute approximate surface area is 147 Å². The maximum absolute atomic E-state index is 2.51. The van der Waals surface area contributed by atoms with E-state index in [1.807, 2.05) is 0 Å². The molecule has 0 aromatic carbocycles. The SMILES string of the molecule is CCCCC[CH]CCCCCCC/C=C\C/C=C\CCCCC. The highest BCUT2D eigenvalue weighted by molar-refractivity contribution is 4.92. The number of unbranched alkanes of at least 4 members (excludes halogenated alkanes) is 14. The molecule has 0 aromatic heterocycles. The van der Waals surface area contributed by atoms with E-state index in [0.717, 1.165) is 6.42 Å². The van der Waals surface area contributed by atoms with Crippen LogP contribution in [0.3, 0.4) is 0 Å². The summed E-state index contributed by atoms with van der Waals surface area (Å²) in [6.45, 7) is 4.54. The Kier molecular flexibility index (Phi) is 21.0. The van der Waals surface area contributed by atoms with Crippen molar-refractivity contribution in [3.8, 4) is 0 Å². The van der Waals surface area contributed by atoms with Crippen molar-refractivity contribution in [2.75, 3.05) is 0 Å². The minimum absolute atomic E-state index is 1.12. The van der Waals surface area contributed by atoms with Crippen molar-refractivity contribution in [1.82, 2.24) is 0 Å². The summed E-state index contributed by atoms with van der Waals surface area (Å²) >= 11 is 0. The molecule has 0 nitrogen and oxygen atoms in total. The number of rotatable bonds is 18. The van der Waals surface area contributed by atoms with Gasteiger partial charge in [0.15, 0.2) is 0 Å². The lowest BCUT2D eigenvalue weighted by molar-refractivity contribution is 0.602. The monoisotopic (exact) mass is 319 g/mol. The summed E-state index contributed by atoms with van der Waals surface area (Å²) in [6, 6.07) is 0. The summed E-state index contributed by atoms with van der Waals surface area (Å²) in [5.41, 5.74) is 0. The largest absolute Gasteiger partial charge is 0.0882 e. The van der Waals surface area contributed by atoms with E-state index < -0.39 is 0 Å². The number of hydrogen-bond donors (Lipinski definition) is 0. The molecular weight excluding hydrogens is 276 g/mol. The molecule has 1 radical (unpaired) electrons. The van der Waals surface area contributed by atoms with Crippen LogP contribution >= 0.6 is 0 Å². The standard InChI is InChI=1S/C23H43/c1-3-5-7-9-11-13-15-17-19-21-23-22-20-18-16-14-12-10-8-6-4-2/h11-13,17,19H,3-10,14-16,18,20-23H2,1-2H3/b13-11-,19-17-. The fourth-order valence-corrected chi connectivity index (χ4v) is 2.78. The highest BCUT2D eigenvalue weighted by Crippen LogP contribution is 2.11. The van der Waals surface area contributed by atoms with Crippen molar-refractivity contribution in [2.45, 2.75) is 117 Å². The lowest BCUT2D eigenvalue weighted by Crippen LogP contribution is -1.82. The van der Waals surface area contributed by atoms with Gasteiger partial charge in [-0.15, -0.1) is 0 Å². The van der Waals surface area contributed by atoms with Crippen molar-refractivity contribution in [3.63, 3.8) is 0 Å². The van der Waals surface area contributed by atoms with E-state index in [-0.39, 0.29) is 0 Å². The molecule has 0 heteroatoms. The molecule has 0 aliphatic carbocycles. The topological polar surface area (TPSA) is 0 Å². The summed E-state index contributed by atoms with van der Waals surface area (Å²) in [4.78, 5) is 0. The first-order valence-corrected chi connectivity index (χ1v) is 10.5. The molecule has 0 aliphatic rings. The van der Waals surface area contributed by atoms with Crippen LogP contribution in [0.25, 0.3) is 0 Å². The Hall–Kier alpha value is -0.520. The highest BCUT2D eigenvalue weighted by Gasteiger charge is 1.92. The van der Waals surface area contributed by atoms with Gasteiger partial charge < -0.3 is 0 Å². The molecule has 0 unspecified atom stereocenters. The van der Waals surface area contributed by atoms with Crippen LogP contribution in [0.4, 0.5) is 0 Å². The smallest absolute Gasteiger partial charge is 0.0169 e. The Morgan fingerprint density at radius 3 is 1.43 bits per heavy atom. The molecule has 0 amide bonds. The molecule has 0 saturated heterocycles. The first kappa shape index (κ1) is 22.5. The van der Waals surface area contributed by atoms with Crippen LogP contribution in [0.2, 0.25) is 0 Å². The van der Waals surface area contributed by atoms with Gasteiger partial charge in [-0.05, 0) is 38.5 Å². The molecule has 0 bridgehead atoms. The normalized spacial score (nSPS) is 11.9. The second-order valence-corrected chi connectivity index (χ2v) is 6.80. The molecule has 0 aromatic rings. The van der Waals surface area contributed by atoms with Gasteiger partial charge >= 0.3 is 0 Å². The van der Waals surface area contributed by atoms with Crippen LogP contribution in [-0.4, -0.2) is 0 Å². The maximum atomic E-state index is 2.51. The van der Waals surface area contributed by atoms with E-state index in [1.165, 1.54) is 96.3 Å². The van der Waals surface area contributed by atoms with Gasteiger partial charge in [0.05, 0.1) is 0 Å². The number of hydrogen-bond acceptors (Lipinski definition) is 0. The van der Waals surface area contributed by atoms with Crippen molar-refractivity contribution in [3.05, 3.63) is 30.7 Å². The summed E-state index contributed by atoms with van der Waals surface area (Å²) < 4.78 is 0. The van der Waals surface area contributed by atoms with Gasteiger partial charge in [-0.3, -0.25) is 0 Å². The molecular formula is C23H43. The van der Waals surface area contributed by atoms with Gasteiger partial charge in [0.25, 0.3) is 0 Å². The van der Waals surface area contributed by atoms with Gasteiger partial charge in [-0.2, -0.15) is 0 Å². The Morgan fingerprint density at radius 1 is 0.435 bits per heavy atom. The van der Waals surface area contributed by atoms with E-state index >= 15 is 0 Å². The minimum Gasteiger partial charge on any atom is -0.0882 e. The van der Waals surface area contributed by atoms with Crippen molar-refractivity contribution in [1.29, 1.82) is 0 Å². The predicted molar refractivity (Wildman–Crippen MR) is 108 cm³/mol. The fourth-order valence-electron chi connectivity index (χ4n) is 2.78. The molecule has 135 valence electrons. The second kappa shape index (κ2) is 21.5. The van der Waals surface area contributed by atoms with Crippen LogP contribution in [0.1, 0.15) is 117 Å². The molecule has 0 aliphatic heterocycles. The van der Waals surface area contributed by atoms with Gasteiger partial charge in [0.2, 0.25) is 0 Å². The zero-order chi connectivity index (χ0) is 16.8. The zero-order valence-electron chi connectivity index (χ0n) is 16.2. The third-order valence-electron chi connectivity index (χ3n) is 4.37. The average molecular weight is 320 g/mol. The van der Waals surface area contributed by atoms with Crippen molar-refractivity contribution in [2.24, 2.45) is 0 Å². The fraction of sp³-hybridized carbons (Fsp3) is 0.783. The third-order valence-corrected chi connectivity index (χ3v) is 4.37. The molecule has 0 rings (SSSR count). The Morgan fingerprint density at radius 2 is 0.870 bits per heavy atom. The van der Waals surface area contributed by atoms with Crippen LogP contribution in [0.15, 0.2) is 24.3 Å². The zero-order valence-corrected chi connectivity index (χ0v) is 16.2. The van der Waals surface area contributed by atoms with Crippen LogP contribution in [0, 0.1) is 6.42 Å². The average Bonchev–Trinajstić information content (AvgIpc) is 2.57. The maximum Gasteiger partial charge on any atom is -0.0169 e. The van der Waals surface area contributed by atoms with Crippen LogP contribution in [-0.2, 0) is 0 Å². The first-order chi connectivity index (χ1) is 11.4. The van der Waals surface area contributed by atoms with E-state index in [1.54, 1.807) is 0 Å². The van der Waals surface area contributed by atoms with E-state index in [0.29, 0.717) is 0 Å². The van der Waals surface area contributed by atoms with Gasteiger partial charge in [0.1, 0.15) is 0 Å². The van der Waals surface area contributed by atoms with Gasteiger partial charge in [0, 0.05) is 0 Å². The van der Waals surface area contributed by atoms with E-state index in [9.17, 15) is 0 Å². The van der Waals surface area contributed by atoms with Crippen molar-refractivity contribution >= 4 is 0 Å². The molecule has 23 heavy (non-hydrogen) atoms. The molecule has 0 N–H and O–H groups in total. The second-order valence-electron chi connectivity index (χ2n) is 6.80. The Bertz CT molecular complexity index is 249. The van der Waals surface area contributed by atoms with E-state index in [2.05, 4.69) is 44.6 Å². The quantitative estimate of drug-likeness (QED) is 0.175. The lowest BCUT2D eigenvalue weighted by Gasteiger charge is -2.01. The Balaban J connectivity index is 3.10. The molecule has 0 fully saturated rings. The minimum atomic E-state index is 1.12. The van der Waals surface area contributed by atoms with Crippen LogP contribution in [0.5, 0.6) is 0 Å². The molecule has 0 heterocycles. The number of allylic oxidation sites excluding steroid dienone is 4. The predicted octanol–water partition coefficient (Wildman–Crippen LogP) is 8.58. The molecule has 0 saturated carbocycles. The third kappa shape index (κ3) is 21.5. The van der Waals surface area contributed by atoms with Crippen molar-refractivity contribution < 1.29 is 0 Å². The summed E-state index contributed by atoms with van der Waals surface area (Å²) in [5, 5.41) is 0. The summed E-state index contributed by atoms with van der Waals surface area (Å²) in [5.74, 6) is 0. The van der Waals surface area contributed by atoms with Crippen LogP contribution < -0.4 is 0 Å². The first-order valence-electron chi connectivity index (χ1n) is 10.5. The van der Waals surface area contributed by atoms with E-state index in [4.69, 9.17) is 0 Å². The molecule has 0 spiro atoms. The van der Waals surface area contributed by atoms with Gasteiger partial charge in [-0.1, -0.05) is 109 Å². The lowest BCUT2D eigenvalue weighted by atomic mass is 10.1. The van der Waals surface area contributed by atoms with Gasteiger partial charge in [-0.25, -0.2) is 0 Å². The summed E-state index contributed by atoms with van der Waals surface area (Å²) in [6.07, 6.45) is 33.5. The molecule has 0 atom stereocenters. The highest BCUT2D eigenvalue weighted by atomic mass is 14.0. The summed E-state index contributed by atoms with van der Waals surface area (Å²) in [7, 11) is 0.